The second-order valence-electron chi connectivity index (χ2n) is 7.35. The fourth-order valence-electron chi connectivity index (χ4n) is 3.56. The maximum atomic E-state index is 13.8. The first kappa shape index (κ1) is 20.2. The van der Waals surface area contributed by atoms with E-state index in [4.69, 9.17) is 9.47 Å². The molecule has 2 heterocycles. The second kappa shape index (κ2) is 9.13. The van der Waals surface area contributed by atoms with Gasteiger partial charge in [-0.2, -0.15) is 0 Å². The molecule has 1 fully saturated rings. The van der Waals surface area contributed by atoms with Crippen LogP contribution in [0.25, 0.3) is 0 Å². The maximum Gasteiger partial charge on any atom is 0.256 e. The van der Waals surface area contributed by atoms with E-state index in [1.807, 2.05) is 29.2 Å². The first-order chi connectivity index (χ1) is 14.6. The molecule has 1 unspecified atom stereocenters. The average Bonchev–Trinajstić information content (AvgIpc) is 2.78. The zero-order valence-electron chi connectivity index (χ0n) is 16.6. The number of fused-ring (bicyclic) bond motifs is 1. The number of carbonyl (C=O) groups excluding carboxylic acids is 2. The van der Waals surface area contributed by atoms with Gasteiger partial charge in [0.15, 0.2) is 11.5 Å². The Labute approximate surface area is 174 Å². The Morgan fingerprint density at radius 2 is 1.70 bits per heavy atom. The third-order valence-electron chi connectivity index (χ3n) is 5.23. The Kier molecular flexibility index (Phi) is 6.13. The summed E-state index contributed by atoms with van der Waals surface area (Å²) in [4.78, 5) is 28.4. The summed E-state index contributed by atoms with van der Waals surface area (Å²) in [7, 11) is 0. The van der Waals surface area contributed by atoms with Gasteiger partial charge in [-0.05, 0) is 24.3 Å². The number of ether oxygens (including phenoxy) is 2. The predicted octanol–water partition coefficient (Wildman–Crippen LogP) is 1.54. The van der Waals surface area contributed by atoms with Gasteiger partial charge in [0.1, 0.15) is 18.5 Å². The molecule has 4 rings (SSSR count). The number of nitrogens with zero attached hydrogens (tertiary/aromatic N) is 2. The maximum absolute atomic E-state index is 13.8. The van der Waals surface area contributed by atoms with Crippen LogP contribution in [0.3, 0.4) is 0 Å². The summed E-state index contributed by atoms with van der Waals surface area (Å²) in [6, 6.07) is 13.4. The fourth-order valence-corrected chi connectivity index (χ4v) is 3.56. The molecule has 0 saturated carbocycles. The Hall–Kier alpha value is -3.13. The molecule has 158 valence electrons. The molecule has 2 aliphatic heterocycles. The molecule has 0 spiro atoms. The van der Waals surface area contributed by atoms with Crippen LogP contribution in [0.2, 0.25) is 0 Å². The molecule has 2 amide bonds. The Balaban J connectivity index is 1.19. The van der Waals surface area contributed by atoms with Crippen molar-refractivity contribution >= 4 is 11.8 Å². The largest absolute Gasteiger partial charge is 0.486 e. The highest BCUT2D eigenvalue weighted by atomic mass is 19.1. The summed E-state index contributed by atoms with van der Waals surface area (Å²) < 4.78 is 25.3. The van der Waals surface area contributed by atoms with Crippen molar-refractivity contribution in [1.29, 1.82) is 0 Å². The van der Waals surface area contributed by atoms with Crippen LogP contribution in [-0.2, 0) is 4.79 Å². The lowest BCUT2D eigenvalue weighted by Crippen LogP contribution is -2.52. The van der Waals surface area contributed by atoms with Gasteiger partial charge in [-0.15, -0.1) is 0 Å². The summed E-state index contributed by atoms with van der Waals surface area (Å²) >= 11 is 0. The van der Waals surface area contributed by atoms with Crippen LogP contribution in [0.4, 0.5) is 4.39 Å². The van der Waals surface area contributed by atoms with Gasteiger partial charge in [-0.25, -0.2) is 4.39 Å². The molecule has 2 aromatic carbocycles. The third-order valence-corrected chi connectivity index (χ3v) is 5.23. The highest BCUT2D eigenvalue weighted by molar-refractivity contribution is 5.94. The van der Waals surface area contributed by atoms with Crippen LogP contribution < -0.4 is 14.8 Å². The van der Waals surface area contributed by atoms with Crippen molar-refractivity contribution in [2.45, 2.75) is 6.10 Å². The lowest BCUT2D eigenvalue weighted by atomic mass is 10.1. The summed E-state index contributed by atoms with van der Waals surface area (Å²) in [6.45, 7) is 3.01. The predicted molar refractivity (Wildman–Crippen MR) is 108 cm³/mol. The highest BCUT2D eigenvalue weighted by Gasteiger charge is 2.25. The molecule has 0 aromatic heterocycles. The number of hydrogen-bond donors (Lipinski definition) is 1. The standard InChI is InChI=1S/C22H24FN3O4/c23-18-6-2-1-5-17(18)22(28)26-11-9-25(10-12-26)14-21(27)24-13-16-15-29-19-7-3-4-8-20(19)30-16/h1-8,16H,9-15H2,(H,24,27). The van der Waals surface area contributed by atoms with Gasteiger partial charge in [0.2, 0.25) is 5.91 Å². The zero-order chi connectivity index (χ0) is 20.9. The molecule has 7 nitrogen and oxygen atoms in total. The third kappa shape index (κ3) is 4.71. The minimum atomic E-state index is -0.513. The van der Waals surface area contributed by atoms with Crippen molar-refractivity contribution in [1.82, 2.24) is 15.1 Å². The SMILES string of the molecule is O=C(CN1CCN(C(=O)c2ccccc2F)CC1)NCC1COc2ccccc2O1. The molecule has 1 atom stereocenters. The van der Waals surface area contributed by atoms with Crippen molar-refractivity contribution in [3.05, 3.63) is 59.9 Å². The molecule has 1 N–H and O–H groups in total. The number of hydrogen-bond acceptors (Lipinski definition) is 5. The number of rotatable bonds is 5. The molecule has 2 aliphatic rings. The number of halogens is 1. The van der Waals surface area contributed by atoms with Crippen molar-refractivity contribution in [3.8, 4) is 11.5 Å². The van der Waals surface area contributed by atoms with E-state index in [1.165, 1.54) is 12.1 Å². The van der Waals surface area contributed by atoms with Crippen molar-refractivity contribution < 1.29 is 23.5 Å². The van der Waals surface area contributed by atoms with E-state index in [0.29, 0.717) is 50.8 Å². The van der Waals surface area contributed by atoms with Gasteiger partial charge in [-0.1, -0.05) is 24.3 Å². The van der Waals surface area contributed by atoms with E-state index in [2.05, 4.69) is 5.32 Å². The van der Waals surface area contributed by atoms with E-state index in [0.717, 1.165) is 0 Å². The number of carbonyl (C=O) groups is 2. The summed E-state index contributed by atoms with van der Waals surface area (Å²) in [6.07, 6.45) is -0.237. The lowest BCUT2D eigenvalue weighted by molar-refractivity contribution is -0.123. The topological polar surface area (TPSA) is 71.1 Å². The molecule has 1 saturated heterocycles. The van der Waals surface area contributed by atoms with Crippen LogP contribution in [0, 0.1) is 5.82 Å². The van der Waals surface area contributed by atoms with Crippen LogP contribution >= 0.6 is 0 Å². The minimum Gasteiger partial charge on any atom is -0.486 e. The van der Waals surface area contributed by atoms with Gasteiger partial charge in [0.05, 0.1) is 18.7 Å². The summed E-state index contributed by atoms with van der Waals surface area (Å²) in [5, 5.41) is 2.88. The number of piperazine rings is 1. The van der Waals surface area contributed by atoms with E-state index in [9.17, 15) is 14.0 Å². The van der Waals surface area contributed by atoms with Crippen LogP contribution in [0.5, 0.6) is 11.5 Å². The first-order valence-electron chi connectivity index (χ1n) is 10.0. The molecule has 0 aliphatic carbocycles. The van der Waals surface area contributed by atoms with E-state index in [-0.39, 0.29) is 30.0 Å². The Morgan fingerprint density at radius 1 is 1.00 bits per heavy atom. The second-order valence-corrected chi connectivity index (χ2v) is 7.35. The van der Waals surface area contributed by atoms with Crippen molar-refractivity contribution in [3.63, 3.8) is 0 Å². The lowest BCUT2D eigenvalue weighted by Gasteiger charge is -2.34. The molecular weight excluding hydrogens is 389 g/mol. The normalized spacial score (nSPS) is 18.7. The van der Waals surface area contributed by atoms with Crippen molar-refractivity contribution in [2.75, 3.05) is 45.9 Å². The first-order valence-corrected chi connectivity index (χ1v) is 10.0. The number of amides is 2. The van der Waals surface area contributed by atoms with E-state index >= 15 is 0 Å². The van der Waals surface area contributed by atoms with Crippen LogP contribution in [-0.4, -0.2) is 73.6 Å². The molecule has 8 heteroatoms. The van der Waals surface area contributed by atoms with Gasteiger partial charge in [0, 0.05) is 26.2 Å². The average molecular weight is 413 g/mol. The molecule has 30 heavy (non-hydrogen) atoms. The zero-order valence-corrected chi connectivity index (χ0v) is 16.6. The monoisotopic (exact) mass is 413 g/mol. The molecule has 2 aromatic rings. The Morgan fingerprint density at radius 3 is 2.47 bits per heavy atom. The van der Waals surface area contributed by atoms with E-state index in [1.54, 1.807) is 17.0 Å². The number of benzene rings is 2. The quantitative estimate of drug-likeness (QED) is 0.805. The fraction of sp³-hybridized carbons (Fsp3) is 0.364. The highest BCUT2D eigenvalue weighted by Crippen LogP contribution is 2.30. The van der Waals surface area contributed by atoms with Gasteiger partial charge in [-0.3, -0.25) is 14.5 Å². The smallest absolute Gasteiger partial charge is 0.256 e. The molecular formula is C22H24FN3O4. The minimum absolute atomic E-state index is 0.0833. The Bertz CT molecular complexity index is 915. The van der Waals surface area contributed by atoms with Crippen molar-refractivity contribution in [2.24, 2.45) is 0 Å². The van der Waals surface area contributed by atoms with Gasteiger partial charge < -0.3 is 19.7 Å². The molecule has 0 bridgehead atoms. The number of para-hydroxylation sites is 2. The summed E-state index contributed by atoms with van der Waals surface area (Å²) in [5.41, 5.74) is 0.0833. The van der Waals surface area contributed by atoms with Gasteiger partial charge in [0.25, 0.3) is 5.91 Å². The van der Waals surface area contributed by atoms with Crippen LogP contribution in [0.1, 0.15) is 10.4 Å². The molecule has 0 radical (unpaired) electrons. The summed E-state index contributed by atoms with van der Waals surface area (Å²) in [5.74, 6) is 0.459. The number of nitrogens with one attached hydrogen (secondary N) is 1. The van der Waals surface area contributed by atoms with Gasteiger partial charge >= 0.3 is 0 Å². The van der Waals surface area contributed by atoms with E-state index < -0.39 is 5.82 Å². The van der Waals surface area contributed by atoms with Crippen LogP contribution in [0.15, 0.2) is 48.5 Å².